The van der Waals surface area contributed by atoms with Crippen LogP contribution in [-0.4, -0.2) is 28.4 Å². The topological polar surface area (TPSA) is 52.0 Å². The fraction of sp³-hybridized carbons (Fsp3) is 0.385. The quantitative estimate of drug-likeness (QED) is 0.848. The molecule has 0 aliphatic rings. The molecule has 0 aliphatic heterocycles. The van der Waals surface area contributed by atoms with Crippen molar-refractivity contribution in [3.63, 3.8) is 0 Å². The summed E-state index contributed by atoms with van der Waals surface area (Å²) in [6.45, 7) is 3.49. The van der Waals surface area contributed by atoms with E-state index in [1.807, 2.05) is 30.1 Å². The van der Waals surface area contributed by atoms with Gasteiger partial charge in [0.25, 0.3) is 0 Å². The second kappa shape index (κ2) is 6.05. The molecule has 0 bridgehead atoms. The molecule has 5 nitrogen and oxygen atoms in total. The Morgan fingerprint density at radius 3 is 3.11 bits per heavy atom. The monoisotopic (exact) mass is 246 g/mol. The molecule has 0 aromatic carbocycles. The van der Waals surface area contributed by atoms with E-state index >= 15 is 0 Å². The summed E-state index contributed by atoms with van der Waals surface area (Å²) in [4.78, 5) is 4.27. The highest BCUT2D eigenvalue weighted by Crippen LogP contribution is 2.14. The van der Waals surface area contributed by atoms with Crippen LogP contribution in [0.2, 0.25) is 0 Å². The minimum atomic E-state index is 0.680. The van der Waals surface area contributed by atoms with Gasteiger partial charge in [-0.2, -0.15) is 5.10 Å². The van der Waals surface area contributed by atoms with Crippen molar-refractivity contribution in [2.75, 3.05) is 19.0 Å². The summed E-state index contributed by atoms with van der Waals surface area (Å²) < 4.78 is 7.37. The Hall–Kier alpha value is -2.04. The average Bonchev–Trinajstić information content (AvgIpc) is 2.84. The highest BCUT2D eigenvalue weighted by Gasteiger charge is 2.04. The molecule has 0 fully saturated rings. The van der Waals surface area contributed by atoms with Crippen molar-refractivity contribution in [2.45, 2.75) is 19.9 Å². The molecule has 0 amide bonds. The van der Waals surface area contributed by atoms with Gasteiger partial charge < -0.3 is 10.1 Å². The molecule has 18 heavy (non-hydrogen) atoms. The van der Waals surface area contributed by atoms with Crippen molar-refractivity contribution < 1.29 is 4.74 Å². The van der Waals surface area contributed by atoms with Crippen molar-refractivity contribution in [3.05, 3.63) is 36.3 Å². The van der Waals surface area contributed by atoms with Crippen LogP contribution < -0.4 is 10.1 Å². The summed E-state index contributed by atoms with van der Waals surface area (Å²) in [5, 5.41) is 7.35. The van der Waals surface area contributed by atoms with E-state index in [0.29, 0.717) is 6.54 Å². The zero-order valence-corrected chi connectivity index (χ0v) is 10.8. The van der Waals surface area contributed by atoms with E-state index in [-0.39, 0.29) is 0 Å². The normalized spacial score (nSPS) is 10.3. The molecule has 96 valence electrons. The smallest absolute Gasteiger partial charge is 0.157 e. The van der Waals surface area contributed by atoms with Crippen LogP contribution in [0.15, 0.2) is 30.7 Å². The number of nitrogens with one attached hydrogen (secondary N) is 1. The highest BCUT2D eigenvalue weighted by atomic mass is 16.5. The molecule has 0 aliphatic carbocycles. The predicted octanol–water partition coefficient (Wildman–Crippen LogP) is 2.16. The zero-order chi connectivity index (χ0) is 12.8. The van der Waals surface area contributed by atoms with Crippen LogP contribution in [-0.2, 0) is 6.54 Å². The Morgan fingerprint density at radius 1 is 1.44 bits per heavy atom. The average molecular weight is 246 g/mol. The van der Waals surface area contributed by atoms with E-state index < -0.39 is 0 Å². The molecule has 0 saturated carbocycles. The van der Waals surface area contributed by atoms with Crippen LogP contribution >= 0.6 is 0 Å². The molecular weight excluding hydrogens is 228 g/mol. The van der Waals surface area contributed by atoms with Gasteiger partial charge in [-0.3, -0.25) is 4.68 Å². The maximum absolute atomic E-state index is 5.52. The number of nitrogens with zero attached hydrogens (tertiary/aromatic N) is 3. The molecule has 2 aromatic heterocycles. The van der Waals surface area contributed by atoms with E-state index in [2.05, 4.69) is 22.3 Å². The van der Waals surface area contributed by atoms with Gasteiger partial charge in [-0.25, -0.2) is 4.98 Å². The number of hydrogen-bond donors (Lipinski definition) is 1. The van der Waals surface area contributed by atoms with Gasteiger partial charge >= 0.3 is 0 Å². The largest absolute Gasteiger partial charge is 0.490 e. The molecule has 5 heteroatoms. The van der Waals surface area contributed by atoms with E-state index in [1.54, 1.807) is 12.4 Å². The first-order valence-corrected chi connectivity index (χ1v) is 6.10. The Bertz CT molecular complexity index is 495. The summed E-state index contributed by atoms with van der Waals surface area (Å²) in [6, 6.07) is 3.96. The van der Waals surface area contributed by atoms with Crippen LogP contribution in [0.25, 0.3) is 0 Å². The van der Waals surface area contributed by atoms with E-state index in [1.165, 1.54) is 0 Å². The van der Waals surface area contributed by atoms with Gasteiger partial charge in [0.2, 0.25) is 0 Å². The fourth-order valence-electron chi connectivity index (χ4n) is 1.69. The van der Waals surface area contributed by atoms with Crippen LogP contribution in [0.5, 0.6) is 5.75 Å². The van der Waals surface area contributed by atoms with Crippen molar-refractivity contribution in [1.82, 2.24) is 14.8 Å². The van der Waals surface area contributed by atoms with Crippen molar-refractivity contribution >= 4 is 5.82 Å². The summed E-state index contributed by atoms with van der Waals surface area (Å²) in [6.07, 6.45) is 6.42. The first kappa shape index (κ1) is 12.4. The fourth-order valence-corrected chi connectivity index (χ4v) is 1.69. The minimum absolute atomic E-state index is 0.680. The Balaban J connectivity index is 2.06. The van der Waals surface area contributed by atoms with Gasteiger partial charge in [-0.05, 0) is 12.5 Å². The Kier molecular flexibility index (Phi) is 4.17. The SMILES string of the molecule is CCCOc1cnn(Cc2cccnc2NC)c1. The molecule has 1 N–H and O–H groups in total. The molecule has 2 heterocycles. The lowest BCUT2D eigenvalue weighted by Crippen LogP contribution is -2.04. The number of hydrogen-bond acceptors (Lipinski definition) is 4. The number of anilines is 1. The maximum Gasteiger partial charge on any atom is 0.157 e. The number of ether oxygens (including phenoxy) is 1. The summed E-state index contributed by atoms with van der Waals surface area (Å²) in [5.41, 5.74) is 1.10. The summed E-state index contributed by atoms with van der Waals surface area (Å²) >= 11 is 0. The first-order valence-electron chi connectivity index (χ1n) is 6.10. The Morgan fingerprint density at radius 2 is 2.33 bits per heavy atom. The van der Waals surface area contributed by atoms with Crippen molar-refractivity contribution in [2.24, 2.45) is 0 Å². The number of rotatable bonds is 6. The lowest BCUT2D eigenvalue weighted by molar-refractivity contribution is 0.317. The van der Waals surface area contributed by atoms with Crippen molar-refractivity contribution in [3.8, 4) is 5.75 Å². The van der Waals surface area contributed by atoms with E-state index in [9.17, 15) is 0 Å². The third-order valence-corrected chi connectivity index (χ3v) is 2.54. The molecule has 0 saturated heterocycles. The molecule has 0 radical (unpaired) electrons. The molecule has 0 spiro atoms. The Labute approximate surface area is 107 Å². The molecule has 0 atom stereocenters. The van der Waals surface area contributed by atoms with Gasteiger partial charge in [0, 0.05) is 18.8 Å². The van der Waals surface area contributed by atoms with Crippen LogP contribution in [0.4, 0.5) is 5.82 Å². The van der Waals surface area contributed by atoms with Gasteiger partial charge in [0.15, 0.2) is 5.75 Å². The second-order valence-corrected chi connectivity index (χ2v) is 3.98. The minimum Gasteiger partial charge on any atom is -0.490 e. The summed E-state index contributed by atoms with van der Waals surface area (Å²) in [5.74, 6) is 1.69. The first-order chi connectivity index (χ1) is 8.83. The van der Waals surface area contributed by atoms with Crippen LogP contribution in [0.3, 0.4) is 0 Å². The number of pyridine rings is 1. The maximum atomic E-state index is 5.52. The highest BCUT2D eigenvalue weighted by molar-refractivity contribution is 5.43. The second-order valence-electron chi connectivity index (χ2n) is 3.98. The van der Waals surface area contributed by atoms with E-state index in [4.69, 9.17) is 4.74 Å². The predicted molar refractivity (Wildman–Crippen MR) is 70.9 cm³/mol. The van der Waals surface area contributed by atoms with Gasteiger partial charge in [-0.15, -0.1) is 0 Å². The third-order valence-electron chi connectivity index (χ3n) is 2.54. The van der Waals surface area contributed by atoms with Gasteiger partial charge in [0.1, 0.15) is 5.82 Å². The van der Waals surface area contributed by atoms with Crippen molar-refractivity contribution in [1.29, 1.82) is 0 Å². The van der Waals surface area contributed by atoms with E-state index in [0.717, 1.165) is 30.2 Å². The third kappa shape index (κ3) is 3.00. The lowest BCUT2D eigenvalue weighted by atomic mass is 10.2. The van der Waals surface area contributed by atoms with Crippen LogP contribution in [0, 0.1) is 0 Å². The molecule has 2 rings (SSSR count). The van der Waals surface area contributed by atoms with Gasteiger partial charge in [0.05, 0.1) is 25.5 Å². The lowest BCUT2D eigenvalue weighted by Gasteiger charge is -2.07. The van der Waals surface area contributed by atoms with Gasteiger partial charge in [-0.1, -0.05) is 13.0 Å². The standard InChI is InChI=1S/C13H18N4O/c1-3-7-18-12-8-16-17(10-12)9-11-5-4-6-15-13(11)14-2/h4-6,8,10H,3,7,9H2,1-2H3,(H,14,15). The summed E-state index contributed by atoms with van der Waals surface area (Å²) in [7, 11) is 1.87. The van der Waals surface area contributed by atoms with Crippen LogP contribution in [0.1, 0.15) is 18.9 Å². The molecule has 0 unspecified atom stereocenters. The number of aromatic nitrogens is 3. The molecular formula is C13H18N4O. The molecule has 2 aromatic rings. The zero-order valence-electron chi connectivity index (χ0n) is 10.8.